The van der Waals surface area contributed by atoms with E-state index in [-0.39, 0.29) is 0 Å². The van der Waals surface area contributed by atoms with E-state index in [1.54, 1.807) is 0 Å². The number of aryl methyl sites for hydroxylation is 1. The van der Waals surface area contributed by atoms with Crippen LogP contribution in [0.3, 0.4) is 0 Å². The first-order valence-electron chi connectivity index (χ1n) is 11.2. The summed E-state index contributed by atoms with van der Waals surface area (Å²) in [6.45, 7) is 2.30. The molecular formula is C24H44Sb. The average Bonchev–Trinajstić information content (AvgIpc) is 2.64. The molecule has 0 nitrogen and oxygen atoms in total. The van der Waals surface area contributed by atoms with Gasteiger partial charge in [-0.1, -0.05) is 26.2 Å². The molecule has 145 valence electrons. The summed E-state index contributed by atoms with van der Waals surface area (Å²) in [5.41, 5.74) is 1.53. The number of rotatable bonds is 17. The van der Waals surface area contributed by atoms with E-state index in [2.05, 4.69) is 37.3 Å². The molecule has 25 heavy (non-hydrogen) atoms. The van der Waals surface area contributed by atoms with E-state index in [0.717, 1.165) is 26.9 Å². The molecule has 0 aliphatic heterocycles. The summed E-state index contributed by atoms with van der Waals surface area (Å²) in [6.07, 6.45) is 23.3. The first-order valence-corrected chi connectivity index (χ1v) is 13.5. The van der Waals surface area contributed by atoms with Gasteiger partial charge in [-0.05, 0) is 0 Å². The van der Waals surface area contributed by atoms with Gasteiger partial charge in [0.2, 0.25) is 0 Å². The fraction of sp³-hybridized carbons (Fsp3) is 0.750. The molecule has 0 aliphatic carbocycles. The third kappa shape index (κ3) is 14.9. The van der Waals surface area contributed by atoms with E-state index >= 15 is 0 Å². The van der Waals surface area contributed by atoms with E-state index in [1.807, 2.05) is 0 Å². The van der Waals surface area contributed by atoms with Crippen molar-refractivity contribution >= 4 is 23.0 Å². The number of hydrogen-bond donors (Lipinski definition) is 0. The minimum absolute atomic E-state index is 1.05. The zero-order valence-electron chi connectivity index (χ0n) is 17.0. The van der Waals surface area contributed by atoms with Crippen molar-refractivity contribution in [3.8, 4) is 0 Å². The summed E-state index contributed by atoms with van der Waals surface area (Å²) in [5.74, 6) is 0. The van der Waals surface area contributed by atoms with Crippen molar-refractivity contribution in [3.05, 3.63) is 35.9 Å². The molecule has 1 heteroatoms. The van der Waals surface area contributed by atoms with E-state index in [4.69, 9.17) is 0 Å². The Bertz CT molecular complexity index is 373. The molecule has 0 spiro atoms. The summed E-state index contributed by atoms with van der Waals surface area (Å²) in [7, 11) is 0. The van der Waals surface area contributed by atoms with Crippen LogP contribution in [0, 0.1) is 0 Å². The van der Waals surface area contributed by atoms with Crippen LogP contribution < -0.4 is 0 Å². The first-order chi connectivity index (χ1) is 12.3. The molecule has 0 heterocycles. The van der Waals surface area contributed by atoms with Crippen molar-refractivity contribution in [3.63, 3.8) is 0 Å². The topological polar surface area (TPSA) is 0 Å². The van der Waals surface area contributed by atoms with E-state index in [9.17, 15) is 0 Å². The van der Waals surface area contributed by atoms with Crippen LogP contribution in [0.5, 0.6) is 0 Å². The summed E-state index contributed by atoms with van der Waals surface area (Å²) in [4.78, 5) is 0. The number of benzene rings is 1. The fourth-order valence-electron chi connectivity index (χ4n) is 3.61. The molecule has 0 saturated carbocycles. The van der Waals surface area contributed by atoms with Crippen molar-refractivity contribution in [1.82, 2.24) is 0 Å². The van der Waals surface area contributed by atoms with Gasteiger partial charge in [-0.3, -0.25) is 0 Å². The van der Waals surface area contributed by atoms with Crippen LogP contribution in [0.4, 0.5) is 0 Å². The van der Waals surface area contributed by atoms with Crippen LogP contribution >= 0.6 is 0 Å². The molecule has 0 saturated heterocycles. The number of hydrogen-bond acceptors (Lipinski definition) is 0. The Labute approximate surface area is 172 Å². The van der Waals surface area contributed by atoms with Crippen molar-refractivity contribution in [1.29, 1.82) is 0 Å². The van der Waals surface area contributed by atoms with Gasteiger partial charge >= 0.3 is 146 Å². The van der Waals surface area contributed by atoms with Gasteiger partial charge < -0.3 is 0 Å². The van der Waals surface area contributed by atoms with Crippen molar-refractivity contribution in [2.75, 3.05) is 0 Å². The van der Waals surface area contributed by atoms with Crippen LogP contribution in [0.25, 0.3) is 0 Å². The Morgan fingerprint density at radius 1 is 0.640 bits per heavy atom. The third-order valence-corrected chi connectivity index (χ3v) is 7.73. The standard InChI is InChI=1S/C24H41.Sb.3H/c1-2-3-4-5-6-7-8-9-10-11-12-13-14-15-16-18-21-24-22-19-17-20-23-24;;;;/h16-17,19-20,22-23H,2-15,18,21H2,1H3;;;;. The Kier molecular flexibility index (Phi) is 16.1. The second-order valence-electron chi connectivity index (χ2n) is 7.92. The Morgan fingerprint density at radius 2 is 1.12 bits per heavy atom. The molecule has 0 aliphatic rings. The molecule has 1 radical (unpaired) electrons. The minimum atomic E-state index is 1.05. The molecule has 0 N–H and O–H groups in total. The van der Waals surface area contributed by atoms with Crippen LogP contribution in [0.1, 0.15) is 109 Å². The number of unbranched alkanes of at least 4 members (excludes halogenated alkanes) is 12. The fourth-order valence-corrected chi connectivity index (χ4v) is 5.02. The maximum absolute atomic E-state index is 2.30. The zero-order valence-corrected chi connectivity index (χ0v) is 21.0. The van der Waals surface area contributed by atoms with Crippen LogP contribution in [-0.2, 0) is 6.42 Å². The van der Waals surface area contributed by atoms with Gasteiger partial charge in [-0.15, -0.1) is 0 Å². The molecule has 1 rings (SSSR count). The molecule has 1 unspecified atom stereocenters. The Morgan fingerprint density at radius 3 is 1.64 bits per heavy atom. The van der Waals surface area contributed by atoms with Gasteiger partial charge in [-0.25, -0.2) is 0 Å². The summed E-state index contributed by atoms with van der Waals surface area (Å²) in [5, 5.41) is 0. The van der Waals surface area contributed by atoms with E-state index in [0.29, 0.717) is 0 Å². The second-order valence-corrected chi connectivity index (χ2v) is 11.2. The van der Waals surface area contributed by atoms with E-state index < -0.39 is 0 Å². The predicted octanol–water partition coefficient (Wildman–Crippen LogP) is 7.25. The second kappa shape index (κ2) is 17.5. The monoisotopic (exact) mass is 453 g/mol. The van der Waals surface area contributed by atoms with Crippen LogP contribution in [0.15, 0.2) is 30.3 Å². The van der Waals surface area contributed by atoms with E-state index in [1.165, 1.54) is 108 Å². The van der Waals surface area contributed by atoms with Crippen molar-refractivity contribution in [2.45, 2.75) is 114 Å². The molecule has 0 bridgehead atoms. The van der Waals surface area contributed by atoms with Crippen LogP contribution in [0.2, 0.25) is 3.86 Å². The third-order valence-electron chi connectivity index (χ3n) is 5.40. The maximum atomic E-state index is 2.30. The van der Waals surface area contributed by atoms with Crippen molar-refractivity contribution in [2.24, 2.45) is 0 Å². The molecule has 1 atom stereocenters. The molecular weight excluding hydrogens is 410 g/mol. The Hall–Kier alpha value is 0.0382. The average molecular weight is 454 g/mol. The first kappa shape index (κ1) is 23.1. The predicted molar refractivity (Wildman–Crippen MR) is 119 cm³/mol. The van der Waals surface area contributed by atoms with Gasteiger partial charge in [0.25, 0.3) is 0 Å². The van der Waals surface area contributed by atoms with Gasteiger partial charge in [0.15, 0.2) is 0 Å². The molecule has 0 fully saturated rings. The quantitative estimate of drug-likeness (QED) is 0.172. The summed E-state index contributed by atoms with van der Waals surface area (Å²) < 4.78 is 1.05. The normalized spacial score (nSPS) is 12.5. The molecule has 1 aromatic carbocycles. The zero-order chi connectivity index (χ0) is 18.0. The summed E-state index contributed by atoms with van der Waals surface area (Å²) in [6, 6.07) is 11.0. The van der Waals surface area contributed by atoms with Crippen LogP contribution in [-0.4, -0.2) is 23.0 Å². The molecule has 1 aromatic rings. The van der Waals surface area contributed by atoms with Crippen molar-refractivity contribution < 1.29 is 0 Å². The van der Waals surface area contributed by atoms with Gasteiger partial charge in [-0.2, -0.15) is 0 Å². The molecule has 0 amide bonds. The van der Waals surface area contributed by atoms with Gasteiger partial charge in [0.1, 0.15) is 0 Å². The SMILES string of the molecule is CCCCCCCCCCCCCCC[CH]([SbH3])CCc1ccccc1. The molecule has 0 aromatic heterocycles. The van der Waals surface area contributed by atoms with Gasteiger partial charge in [0.05, 0.1) is 0 Å². The Balaban J connectivity index is 1.79. The summed E-state index contributed by atoms with van der Waals surface area (Å²) >= 11 is 1.13. The van der Waals surface area contributed by atoms with Gasteiger partial charge in [0, 0.05) is 0 Å².